The minimum atomic E-state index is -2.03. The monoisotopic (exact) mass is 1590 g/mol. The van der Waals surface area contributed by atoms with Crippen LogP contribution in [0.2, 0.25) is 0 Å². The van der Waals surface area contributed by atoms with Crippen LogP contribution in [0.5, 0.6) is 5.75 Å². The van der Waals surface area contributed by atoms with Crippen molar-refractivity contribution in [1.82, 2.24) is 46.7 Å². The molecule has 0 bridgehead atoms. The zero-order valence-electron chi connectivity index (χ0n) is 62.2. The number of likely N-dealkylation sites (tertiary alicyclic amines) is 1. The van der Waals surface area contributed by atoms with Gasteiger partial charge in [0, 0.05) is 93.4 Å². The van der Waals surface area contributed by atoms with Crippen molar-refractivity contribution < 1.29 is 128 Å². The number of thiazole rings is 1. The van der Waals surface area contributed by atoms with E-state index in [1.54, 1.807) is 19.1 Å². The fourth-order valence-corrected chi connectivity index (χ4v) is 14.4. The van der Waals surface area contributed by atoms with Crippen molar-refractivity contribution >= 4 is 104 Å². The molecule has 1 fully saturated rings. The van der Waals surface area contributed by atoms with Crippen molar-refractivity contribution in [1.29, 1.82) is 0 Å². The van der Waals surface area contributed by atoms with Crippen LogP contribution < -0.4 is 31.9 Å². The molecular formula is C70H111N9O26S3. The van der Waals surface area contributed by atoms with Gasteiger partial charge in [-0.3, -0.25) is 57.6 Å². The molecule has 1 aromatic heterocycles. The number of piperidine rings is 1. The zero-order valence-corrected chi connectivity index (χ0v) is 64.6. The number of phenols is 1. The predicted octanol–water partition coefficient (Wildman–Crippen LogP) is -1.60. The van der Waals surface area contributed by atoms with Gasteiger partial charge in [0.25, 0.3) is 5.91 Å². The molecule has 2 aromatic rings. The molecule has 1 aliphatic rings. The number of carbonyl (C=O) groups is 12. The Morgan fingerprint density at radius 3 is 1.87 bits per heavy atom. The second-order valence-electron chi connectivity index (χ2n) is 27.2. The van der Waals surface area contributed by atoms with Crippen molar-refractivity contribution in [2.45, 2.75) is 236 Å². The number of nitrogens with zero attached hydrogens (tertiary/aromatic N) is 3. The lowest BCUT2D eigenvalue weighted by Gasteiger charge is -2.39. The van der Waals surface area contributed by atoms with Gasteiger partial charge in [-0.05, 0) is 88.1 Å². The largest absolute Gasteiger partial charge is 0.508 e. The van der Waals surface area contributed by atoms with E-state index in [-0.39, 0.29) is 84.2 Å². The van der Waals surface area contributed by atoms with Gasteiger partial charge in [-0.15, -0.1) is 11.3 Å². The summed E-state index contributed by atoms with van der Waals surface area (Å²) in [6.07, 6.45) is -15.8. The number of amides is 7. The molecule has 2 heterocycles. The average molecular weight is 1590 g/mol. The summed E-state index contributed by atoms with van der Waals surface area (Å²) in [6.45, 7) is 8.87. The van der Waals surface area contributed by atoms with Gasteiger partial charge in [-0.2, -0.15) is 0 Å². The number of esters is 2. The Bertz CT molecular complexity index is 3210. The Morgan fingerprint density at radius 2 is 1.31 bits per heavy atom. The van der Waals surface area contributed by atoms with Crippen LogP contribution in [-0.2, 0) is 68.6 Å². The molecule has 38 heteroatoms. The summed E-state index contributed by atoms with van der Waals surface area (Å²) < 4.78 is 11.6. The predicted molar refractivity (Wildman–Crippen MR) is 393 cm³/mol. The fraction of sp³-hybridized carbons (Fsp3) is 0.700. The maximum atomic E-state index is 15.0. The average Bonchev–Trinajstić information content (AvgIpc) is 1.26. The molecule has 3 rings (SSSR count). The first kappa shape index (κ1) is 95.2. The van der Waals surface area contributed by atoms with Crippen LogP contribution in [0.4, 0.5) is 0 Å². The number of aromatic hydroxyl groups is 1. The van der Waals surface area contributed by atoms with Gasteiger partial charge >= 0.3 is 17.9 Å². The summed E-state index contributed by atoms with van der Waals surface area (Å²) in [7, 11) is 3.81. The van der Waals surface area contributed by atoms with E-state index in [0.717, 1.165) is 45.8 Å². The van der Waals surface area contributed by atoms with Crippen molar-refractivity contribution in [3.63, 3.8) is 0 Å². The van der Waals surface area contributed by atoms with E-state index in [2.05, 4.69) is 36.9 Å². The summed E-state index contributed by atoms with van der Waals surface area (Å²) in [5.74, 6) is -11.8. The van der Waals surface area contributed by atoms with Crippen LogP contribution in [0.3, 0.4) is 0 Å². The van der Waals surface area contributed by atoms with Crippen molar-refractivity contribution in [2.75, 3.05) is 58.1 Å². The van der Waals surface area contributed by atoms with Crippen LogP contribution in [0.25, 0.3) is 0 Å². The molecule has 35 nitrogen and oxygen atoms in total. The highest BCUT2D eigenvalue weighted by Gasteiger charge is 2.41. The number of nitrogens with one attached hydrogen (secondary N) is 6. The lowest BCUT2D eigenvalue weighted by atomic mass is 9.92. The highest BCUT2D eigenvalue weighted by molar-refractivity contribution is 8.76. The summed E-state index contributed by atoms with van der Waals surface area (Å²) in [4.78, 5) is 169. The Hall–Kier alpha value is -7.05. The van der Waals surface area contributed by atoms with Gasteiger partial charge in [0.2, 0.25) is 47.0 Å². The summed E-state index contributed by atoms with van der Waals surface area (Å²) >= 11 is 0.991. The number of aromatic nitrogens is 1. The van der Waals surface area contributed by atoms with Gasteiger partial charge in [0.05, 0.1) is 37.5 Å². The molecule has 17 atom stereocenters. The summed E-state index contributed by atoms with van der Waals surface area (Å²) in [6, 6.07) is -0.244. The number of benzene rings is 1. The number of ketones is 2. The first-order valence-electron chi connectivity index (χ1n) is 36.0. The molecule has 0 spiro atoms. The number of Topliss-reactive ketones (excluding diaryl/α,β-unsaturated/α-hetero) is 2. The Morgan fingerprint density at radius 1 is 0.713 bits per heavy atom. The summed E-state index contributed by atoms with van der Waals surface area (Å²) in [5.41, 5.74) is 0.510. The first-order valence-corrected chi connectivity index (χ1v) is 39.4. The molecular weight excluding hydrogens is 1480 g/mol. The molecule has 0 radical (unpaired) electrons. The SMILES string of the molecule is CCCC(=O)OCN(C(=O)[C@@H](NC(=O)[C@H]1CCCCN1C)C(C)CC)C(C[C@@H](OC(C)=O)c1nc(C(=O)N[C@@H](Cc2ccc(O)cc2)C[C@H](C)C(=O)N[C@@H](CSSCCC(=O)N[C@@H](CCC(=O)NC[C@H](O)[C@@H](O)[C@H](O)[C@H](O)CO)C(=O)C(=O)CCCC(=O)NC[C@H](O)[C@@H](O)[C@H](O)[C@H](O)CO)C(=O)O)cs1)C(C)C. The standard InChI is InChI=1S/C70H111N9O26S3/c1-9-14-58(92)104-36-79(69(101)59(38(5)10-2)77-67(100)47-15-11-12-25-78(47)8)48(37(3)4)29-54(105-40(7)82)68-76-45(34-106-68)66(99)73-42(28-41-18-20-43(83)21-19-41)27-39(6)65(98)75-46(70(102)103)35-108-107-26-24-57(91)74-44(22-23-56(90)72-31-51(86)62(95)64(97)53(88)33-81)60(93)49(84)16-13-17-55(89)71-30-50(85)61(94)63(96)52(87)32-80/h18-21,34,37-39,42,44,46-48,50-54,59,61-64,80-81,83,85-88,94-97H,9-17,22-33,35-36H2,1-8H3,(H,71,89)(H,72,90)(H,73,99)(H,74,91)(H,75,98)(H,77,100)(H,102,103)/t38?,39-,42+,44-,46-,47+,48?,50-,51-,52+,53+,54+,59-,61+,62+,63+,64+/m0/s1. The molecule has 0 aliphatic carbocycles. The highest BCUT2D eigenvalue weighted by Crippen LogP contribution is 2.33. The zero-order chi connectivity index (χ0) is 81.1. The number of carboxylic acid groups (broad SMARTS) is 1. The van der Waals surface area contributed by atoms with Crippen molar-refractivity contribution in [2.24, 2.45) is 17.8 Å². The number of ether oxygens (including phenoxy) is 2. The number of carbonyl (C=O) groups excluding carboxylic acids is 11. The Balaban J connectivity index is 1.77. The molecule has 1 aliphatic heterocycles. The van der Waals surface area contributed by atoms with Crippen LogP contribution >= 0.6 is 32.9 Å². The van der Waals surface area contributed by atoms with E-state index in [4.69, 9.17) is 19.7 Å². The normalized spacial score (nSPS) is 17.7. The smallest absolute Gasteiger partial charge is 0.327 e. The van der Waals surface area contributed by atoms with E-state index in [0.29, 0.717) is 31.4 Å². The third kappa shape index (κ3) is 32.9. The van der Waals surface area contributed by atoms with E-state index >= 15 is 4.79 Å². The molecule has 1 saturated heterocycles. The number of aliphatic carboxylic acids is 1. The van der Waals surface area contributed by atoms with E-state index in [9.17, 15) is 104 Å². The molecule has 0 saturated carbocycles. The number of carboxylic acids is 1. The van der Waals surface area contributed by atoms with E-state index < -0.39 is 221 Å². The second-order valence-corrected chi connectivity index (χ2v) is 30.7. The van der Waals surface area contributed by atoms with Gasteiger partial charge in [0.1, 0.15) is 65.2 Å². The minimum absolute atomic E-state index is 0.0413. The molecule has 2 unspecified atom stereocenters. The first-order chi connectivity index (χ1) is 51.0. The third-order valence-electron chi connectivity index (χ3n) is 18.2. The number of hydrogen-bond donors (Lipinski definition) is 18. The van der Waals surface area contributed by atoms with Crippen LogP contribution in [-0.4, -0.2) is 290 Å². The van der Waals surface area contributed by atoms with Crippen LogP contribution in [0.1, 0.15) is 166 Å². The molecule has 108 heavy (non-hydrogen) atoms. The lowest BCUT2D eigenvalue weighted by Crippen LogP contribution is -2.59. The third-order valence-corrected chi connectivity index (χ3v) is 21.5. The van der Waals surface area contributed by atoms with Gasteiger partial charge < -0.3 is 108 Å². The van der Waals surface area contributed by atoms with Crippen molar-refractivity contribution in [3.05, 3.63) is 45.9 Å². The molecule has 7 amide bonds. The summed E-state index contributed by atoms with van der Waals surface area (Å²) in [5, 5.41) is 135. The lowest BCUT2D eigenvalue weighted by molar-refractivity contribution is -0.160. The van der Waals surface area contributed by atoms with Gasteiger partial charge in [-0.1, -0.05) is 88.1 Å². The highest BCUT2D eigenvalue weighted by atomic mass is 33.1. The number of hydrogen-bond acceptors (Lipinski definition) is 30. The fourth-order valence-electron chi connectivity index (χ4n) is 11.4. The number of likely N-dealkylation sites (N-methyl/N-ethyl adjacent to an activating group) is 1. The Labute approximate surface area is 639 Å². The van der Waals surface area contributed by atoms with Crippen LogP contribution in [0.15, 0.2) is 29.6 Å². The van der Waals surface area contributed by atoms with Gasteiger partial charge in [-0.25, -0.2) is 9.78 Å². The second kappa shape index (κ2) is 49.3. The molecule has 610 valence electrons. The van der Waals surface area contributed by atoms with Crippen LogP contribution in [0, 0.1) is 17.8 Å². The number of phenolic OH excluding ortho intramolecular Hbond substituents is 1. The Kier molecular flexibility index (Phi) is 43.4. The molecule has 1 aromatic carbocycles. The number of aliphatic hydroxyl groups excluding tert-OH is 10. The van der Waals surface area contributed by atoms with E-state index in [1.165, 1.54) is 36.3 Å². The maximum absolute atomic E-state index is 15.0. The van der Waals surface area contributed by atoms with Gasteiger partial charge in [0.15, 0.2) is 12.8 Å². The van der Waals surface area contributed by atoms with Crippen molar-refractivity contribution in [3.8, 4) is 5.75 Å². The minimum Gasteiger partial charge on any atom is -0.508 e. The topological polar surface area (TPSA) is 558 Å². The molecule has 18 N–H and O–H groups in total. The number of aliphatic hydroxyl groups is 10. The quantitative estimate of drug-likeness (QED) is 0.0117. The maximum Gasteiger partial charge on any atom is 0.327 e. The van der Waals surface area contributed by atoms with E-state index in [1.807, 2.05) is 39.6 Å². The number of rotatable bonds is 52.